The van der Waals surface area contributed by atoms with Crippen LogP contribution in [0.1, 0.15) is 54.5 Å². The van der Waals surface area contributed by atoms with E-state index in [9.17, 15) is 4.79 Å². The van der Waals surface area contributed by atoms with Gasteiger partial charge in [-0.15, -0.1) is 0 Å². The molecule has 6 heteroatoms. The van der Waals surface area contributed by atoms with Crippen LogP contribution in [-0.4, -0.2) is 15.7 Å². The van der Waals surface area contributed by atoms with Crippen molar-refractivity contribution in [2.24, 2.45) is 5.73 Å². The molecule has 1 aromatic carbocycles. The van der Waals surface area contributed by atoms with Gasteiger partial charge in [0.25, 0.3) is 0 Å². The number of amides is 1. The third-order valence-corrected chi connectivity index (χ3v) is 4.41. The van der Waals surface area contributed by atoms with Gasteiger partial charge in [-0.2, -0.15) is 10.4 Å². The SMILES string of the molecule is N#Cc1ccc(Oc2c(C3CC3)nn(CC(N)=O)c2C2CC2)cc1. The number of carbonyl (C=O) groups excluding carboxylic acids is 1. The van der Waals surface area contributed by atoms with Crippen LogP contribution in [0.3, 0.4) is 0 Å². The summed E-state index contributed by atoms with van der Waals surface area (Å²) < 4.78 is 7.89. The molecule has 2 saturated carbocycles. The van der Waals surface area contributed by atoms with Gasteiger partial charge in [-0.25, -0.2) is 0 Å². The monoisotopic (exact) mass is 322 g/mol. The van der Waals surface area contributed by atoms with Crippen LogP contribution >= 0.6 is 0 Å². The van der Waals surface area contributed by atoms with E-state index in [0.717, 1.165) is 42.8 Å². The maximum absolute atomic E-state index is 11.4. The number of ether oxygens (including phenoxy) is 1. The Morgan fingerprint density at radius 2 is 1.92 bits per heavy atom. The van der Waals surface area contributed by atoms with E-state index < -0.39 is 5.91 Å². The fourth-order valence-electron chi connectivity index (χ4n) is 2.94. The lowest BCUT2D eigenvalue weighted by Gasteiger charge is -2.09. The molecule has 2 aliphatic carbocycles. The zero-order valence-electron chi connectivity index (χ0n) is 13.2. The van der Waals surface area contributed by atoms with Crippen molar-refractivity contribution in [1.82, 2.24) is 9.78 Å². The number of hydrogen-bond acceptors (Lipinski definition) is 4. The summed E-state index contributed by atoms with van der Waals surface area (Å²) in [6, 6.07) is 9.14. The largest absolute Gasteiger partial charge is 0.453 e. The molecule has 1 amide bonds. The van der Waals surface area contributed by atoms with Crippen molar-refractivity contribution >= 4 is 5.91 Å². The molecule has 1 aromatic heterocycles. The minimum atomic E-state index is -0.397. The van der Waals surface area contributed by atoms with E-state index in [1.807, 2.05) is 0 Å². The number of primary amides is 1. The van der Waals surface area contributed by atoms with Crippen LogP contribution in [0.25, 0.3) is 0 Å². The van der Waals surface area contributed by atoms with E-state index in [-0.39, 0.29) is 6.54 Å². The van der Waals surface area contributed by atoms with E-state index in [0.29, 0.717) is 23.1 Å². The molecule has 4 rings (SSSR count). The number of aromatic nitrogens is 2. The molecule has 0 radical (unpaired) electrons. The minimum Gasteiger partial charge on any atom is -0.453 e. The molecule has 2 aromatic rings. The molecular formula is C18H18N4O2. The fraction of sp³-hybridized carbons (Fsp3) is 0.389. The van der Waals surface area contributed by atoms with E-state index in [1.165, 1.54) is 0 Å². The van der Waals surface area contributed by atoms with Gasteiger partial charge in [-0.1, -0.05) is 0 Å². The van der Waals surface area contributed by atoms with Crippen molar-refractivity contribution in [2.45, 2.75) is 44.1 Å². The van der Waals surface area contributed by atoms with Gasteiger partial charge < -0.3 is 10.5 Å². The number of nitriles is 1. The van der Waals surface area contributed by atoms with E-state index in [4.69, 9.17) is 15.7 Å². The second-order valence-electron chi connectivity index (χ2n) is 6.51. The van der Waals surface area contributed by atoms with Crippen molar-refractivity contribution in [3.05, 3.63) is 41.2 Å². The third kappa shape index (κ3) is 2.85. The van der Waals surface area contributed by atoms with Crippen molar-refractivity contribution in [3.8, 4) is 17.6 Å². The average Bonchev–Trinajstić information content (AvgIpc) is 3.47. The number of hydrogen-bond donors (Lipinski definition) is 1. The maximum atomic E-state index is 11.4. The standard InChI is InChI=1S/C18H18N4O2/c19-9-11-1-7-14(8-2-11)24-18-16(12-3-4-12)21-22(10-15(20)23)17(18)13-5-6-13/h1-2,7-8,12-13H,3-6,10H2,(H2,20,23). The van der Waals surface area contributed by atoms with Gasteiger partial charge in [0.15, 0.2) is 5.75 Å². The first-order chi connectivity index (χ1) is 11.7. The van der Waals surface area contributed by atoms with Gasteiger partial charge in [-0.3, -0.25) is 9.48 Å². The summed E-state index contributed by atoms with van der Waals surface area (Å²) in [5, 5.41) is 13.5. The normalized spacial score (nSPS) is 16.6. The summed E-state index contributed by atoms with van der Waals surface area (Å²) in [5.74, 6) is 1.86. The van der Waals surface area contributed by atoms with Gasteiger partial charge in [0.1, 0.15) is 18.0 Å². The Labute approximate surface area is 139 Å². The highest BCUT2D eigenvalue weighted by atomic mass is 16.5. The highest BCUT2D eigenvalue weighted by molar-refractivity contribution is 5.73. The zero-order valence-corrected chi connectivity index (χ0v) is 13.2. The quantitative estimate of drug-likeness (QED) is 0.884. The number of nitrogens with two attached hydrogens (primary N) is 1. The number of benzene rings is 1. The summed E-state index contributed by atoms with van der Waals surface area (Å²) in [5.41, 5.74) is 7.89. The first-order valence-corrected chi connectivity index (χ1v) is 8.22. The summed E-state index contributed by atoms with van der Waals surface area (Å²) in [6.45, 7) is 0.0856. The van der Waals surface area contributed by atoms with Gasteiger partial charge in [0.2, 0.25) is 5.91 Å². The summed E-state index contributed by atoms with van der Waals surface area (Å²) in [4.78, 5) is 11.4. The van der Waals surface area contributed by atoms with Crippen LogP contribution in [0.2, 0.25) is 0 Å². The van der Waals surface area contributed by atoms with Crippen LogP contribution in [0.5, 0.6) is 11.5 Å². The molecule has 0 saturated heterocycles. The van der Waals surface area contributed by atoms with Crippen molar-refractivity contribution in [3.63, 3.8) is 0 Å². The molecule has 2 aliphatic rings. The molecule has 2 N–H and O–H groups in total. The van der Waals surface area contributed by atoms with Crippen LogP contribution in [0.4, 0.5) is 0 Å². The second-order valence-corrected chi connectivity index (χ2v) is 6.51. The van der Waals surface area contributed by atoms with Crippen molar-refractivity contribution in [2.75, 3.05) is 0 Å². The second kappa shape index (κ2) is 5.68. The molecule has 0 unspecified atom stereocenters. The Balaban J connectivity index is 1.72. The average molecular weight is 322 g/mol. The lowest BCUT2D eigenvalue weighted by atomic mass is 10.2. The van der Waals surface area contributed by atoms with E-state index >= 15 is 0 Å². The molecule has 24 heavy (non-hydrogen) atoms. The van der Waals surface area contributed by atoms with Crippen molar-refractivity contribution < 1.29 is 9.53 Å². The molecule has 6 nitrogen and oxygen atoms in total. The topological polar surface area (TPSA) is 93.9 Å². The van der Waals surface area contributed by atoms with Crippen molar-refractivity contribution in [1.29, 1.82) is 5.26 Å². The molecular weight excluding hydrogens is 304 g/mol. The predicted molar refractivity (Wildman–Crippen MR) is 86.6 cm³/mol. The highest BCUT2D eigenvalue weighted by Gasteiger charge is 2.38. The summed E-state index contributed by atoms with van der Waals surface area (Å²) >= 11 is 0. The zero-order chi connectivity index (χ0) is 16.7. The van der Waals surface area contributed by atoms with Gasteiger partial charge in [-0.05, 0) is 49.9 Å². The van der Waals surface area contributed by atoms with Crippen LogP contribution < -0.4 is 10.5 Å². The lowest BCUT2D eigenvalue weighted by Crippen LogP contribution is -2.20. The van der Waals surface area contributed by atoms with E-state index in [2.05, 4.69) is 11.2 Å². The van der Waals surface area contributed by atoms with E-state index in [1.54, 1.807) is 28.9 Å². The number of rotatable bonds is 6. The summed E-state index contributed by atoms with van der Waals surface area (Å²) in [6.07, 6.45) is 4.36. The number of nitrogens with zero attached hydrogens (tertiary/aromatic N) is 3. The smallest absolute Gasteiger partial charge is 0.239 e. The first-order valence-electron chi connectivity index (χ1n) is 8.22. The summed E-state index contributed by atoms with van der Waals surface area (Å²) in [7, 11) is 0. The first kappa shape index (κ1) is 14.8. The Hall–Kier alpha value is -2.81. The fourth-order valence-corrected chi connectivity index (χ4v) is 2.94. The van der Waals surface area contributed by atoms with Gasteiger partial charge >= 0.3 is 0 Å². The predicted octanol–water partition coefficient (Wildman–Crippen LogP) is 2.79. The molecule has 2 fully saturated rings. The van der Waals surface area contributed by atoms with Crippen LogP contribution in [-0.2, 0) is 11.3 Å². The molecule has 0 atom stereocenters. The molecule has 0 spiro atoms. The van der Waals surface area contributed by atoms with Gasteiger partial charge in [0.05, 0.1) is 17.3 Å². The highest BCUT2D eigenvalue weighted by Crippen LogP contribution is 2.51. The maximum Gasteiger partial charge on any atom is 0.239 e. The Morgan fingerprint density at radius 1 is 1.25 bits per heavy atom. The molecule has 0 aliphatic heterocycles. The third-order valence-electron chi connectivity index (χ3n) is 4.41. The number of carbonyl (C=O) groups is 1. The Bertz CT molecular complexity index is 824. The molecule has 0 bridgehead atoms. The Kier molecular flexibility index (Phi) is 3.49. The molecule has 122 valence electrons. The van der Waals surface area contributed by atoms with Crippen LogP contribution in [0, 0.1) is 11.3 Å². The Morgan fingerprint density at radius 3 is 2.46 bits per heavy atom. The minimum absolute atomic E-state index is 0.0856. The molecule has 1 heterocycles. The van der Waals surface area contributed by atoms with Crippen LogP contribution in [0.15, 0.2) is 24.3 Å². The van der Waals surface area contributed by atoms with Gasteiger partial charge in [0, 0.05) is 11.8 Å². The lowest BCUT2D eigenvalue weighted by molar-refractivity contribution is -0.118.